The maximum absolute atomic E-state index is 11.3. The van der Waals surface area contributed by atoms with E-state index in [4.69, 9.17) is 0 Å². The minimum absolute atomic E-state index is 0.365. The van der Waals surface area contributed by atoms with Crippen LogP contribution in [-0.2, 0) is 9.84 Å². The van der Waals surface area contributed by atoms with Crippen molar-refractivity contribution < 1.29 is 8.42 Å². The number of aryl methyl sites for hydroxylation is 1. The Morgan fingerprint density at radius 2 is 1.93 bits per heavy atom. The lowest BCUT2D eigenvalue weighted by Gasteiger charge is -1.97. The second-order valence-corrected chi connectivity index (χ2v) is 5.49. The molecule has 0 aliphatic heterocycles. The van der Waals surface area contributed by atoms with Crippen molar-refractivity contribution in [3.63, 3.8) is 0 Å². The summed E-state index contributed by atoms with van der Waals surface area (Å²) >= 11 is 0. The van der Waals surface area contributed by atoms with E-state index < -0.39 is 9.84 Å². The zero-order chi connectivity index (χ0) is 10.3. The van der Waals surface area contributed by atoms with Gasteiger partial charge in [0, 0.05) is 22.9 Å². The van der Waals surface area contributed by atoms with E-state index in [2.05, 4.69) is 4.98 Å². The van der Waals surface area contributed by atoms with Crippen molar-refractivity contribution >= 4 is 20.7 Å². The molecule has 0 aliphatic rings. The van der Waals surface area contributed by atoms with Crippen LogP contribution in [0.2, 0.25) is 0 Å². The molecule has 4 heteroatoms. The Bertz CT molecular complexity index is 581. The number of hydrogen-bond acceptors (Lipinski definition) is 2. The van der Waals surface area contributed by atoms with E-state index >= 15 is 0 Å². The first-order valence-electron chi connectivity index (χ1n) is 4.26. The molecule has 2 rings (SSSR count). The highest BCUT2D eigenvalue weighted by atomic mass is 32.2. The van der Waals surface area contributed by atoms with E-state index in [0.29, 0.717) is 4.90 Å². The minimum Gasteiger partial charge on any atom is -0.359 e. The molecule has 0 aliphatic carbocycles. The fourth-order valence-corrected chi connectivity index (χ4v) is 2.14. The van der Waals surface area contributed by atoms with Crippen molar-refractivity contribution in [3.8, 4) is 0 Å². The van der Waals surface area contributed by atoms with Crippen LogP contribution in [0.4, 0.5) is 0 Å². The maximum atomic E-state index is 11.3. The zero-order valence-corrected chi connectivity index (χ0v) is 8.85. The largest absolute Gasteiger partial charge is 0.359 e. The fourth-order valence-electron chi connectivity index (χ4n) is 1.49. The van der Waals surface area contributed by atoms with Crippen molar-refractivity contribution in [2.24, 2.45) is 0 Å². The van der Waals surface area contributed by atoms with Gasteiger partial charge in [0.2, 0.25) is 0 Å². The molecule has 0 saturated heterocycles. The molecule has 3 nitrogen and oxygen atoms in total. The van der Waals surface area contributed by atoms with E-state index in [0.717, 1.165) is 16.6 Å². The molecule has 0 spiro atoms. The summed E-state index contributed by atoms with van der Waals surface area (Å²) < 4.78 is 22.5. The highest BCUT2D eigenvalue weighted by molar-refractivity contribution is 7.90. The second kappa shape index (κ2) is 2.85. The first-order valence-corrected chi connectivity index (χ1v) is 6.15. The number of rotatable bonds is 1. The van der Waals surface area contributed by atoms with E-state index in [1.807, 2.05) is 13.0 Å². The summed E-state index contributed by atoms with van der Waals surface area (Å²) in [5, 5.41) is 0.936. The summed E-state index contributed by atoms with van der Waals surface area (Å²) in [6, 6.07) is 7.03. The average Bonchev–Trinajstić information content (AvgIpc) is 2.41. The number of benzene rings is 1. The Morgan fingerprint density at radius 3 is 2.57 bits per heavy atom. The van der Waals surface area contributed by atoms with E-state index in [1.54, 1.807) is 18.2 Å². The molecule has 0 amide bonds. The third-order valence-corrected chi connectivity index (χ3v) is 3.27. The molecule has 0 unspecified atom stereocenters. The Morgan fingerprint density at radius 1 is 1.21 bits per heavy atom. The fraction of sp³-hybridized carbons (Fsp3) is 0.200. The highest BCUT2D eigenvalue weighted by Crippen LogP contribution is 2.19. The Labute approximate surface area is 82.7 Å². The zero-order valence-electron chi connectivity index (χ0n) is 8.03. The monoisotopic (exact) mass is 209 g/mol. The van der Waals surface area contributed by atoms with Crippen molar-refractivity contribution in [3.05, 3.63) is 30.0 Å². The summed E-state index contributed by atoms with van der Waals surface area (Å²) in [7, 11) is -3.10. The predicted molar refractivity (Wildman–Crippen MR) is 56.1 cm³/mol. The number of nitrogens with one attached hydrogen (secondary N) is 1. The summed E-state index contributed by atoms with van der Waals surface area (Å²) in [6.07, 6.45) is 1.22. The van der Waals surface area contributed by atoms with Crippen LogP contribution < -0.4 is 0 Å². The predicted octanol–water partition coefficient (Wildman–Crippen LogP) is 1.88. The van der Waals surface area contributed by atoms with Crippen molar-refractivity contribution in [2.45, 2.75) is 11.8 Å². The first-order chi connectivity index (χ1) is 6.47. The van der Waals surface area contributed by atoms with Crippen LogP contribution in [0.3, 0.4) is 0 Å². The van der Waals surface area contributed by atoms with Gasteiger partial charge in [0.1, 0.15) is 0 Å². The third kappa shape index (κ3) is 1.53. The lowest BCUT2D eigenvalue weighted by atomic mass is 10.2. The van der Waals surface area contributed by atoms with Gasteiger partial charge < -0.3 is 4.98 Å². The number of aromatic nitrogens is 1. The van der Waals surface area contributed by atoms with Gasteiger partial charge in [-0.25, -0.2) is 8.42 Å². The molecule has 1 aromatic carbocycles. The number of sulfone groups is 1. The van der Waals surface area contributed by atoms with Gasteiger partial charge in [-0.2, -0.15) is 0 Å². The standard InChI is InChI=1S/C10H11NO2S/c1-7-5-8-6-9(14(2,12)13)3-4-10(8)11-7/h3-6,11H,1-2H3. The van der Waals surface area contributed by atoms with Crippen LogP contribution in [0.1, 0.15) is 5.69 Å². The second-order valence-electron chi connectivity index (χ2n) is 3.47. The molecule has 0 radical (unpaired) electrons. The lowest BCUT2D eigenvalue weighted by molar-refractivity contribution is 0.602. The molecule has 74 valence electrons. The smallest absolute Gasteiger partial charge is 0.175 e. The van der Waals surface area contributed by atoms with Gasteiger partial charge in [-0.05, 0) is 31.2 Å². The Hall–Kier alpha value is -1.29. The van der Waals surface area contributed by atoms with Gasteiger partial charge in [-0.15, -0.1) is 0 Å². The molecular weight excluding hydrogens is 198 g/mol. The molecule has 0 atom stereocenters. The Kier molecular flexibility index (Phi) is 1.89. The van der Waals surface area contributed by atoms with Gasteiger partial charge in [-0.1, -0.05) is 0 Å². The van der Waals surface area contributed by atoms with Gasteiger partial charge in [0.25, 0.3) is 0 Å². The van der Waals surface area contributed by atoms with E-state index in [9.17, 15) is 8.42 Å². The molecule has 1 aromatic heterocycles. The first kappa shape index (κ1) is 9.27. The summed E-state index contributed by atoms with van der Waals surface area (Å²) in [4.78, 5) is 3.51. The molecule has 14 heavy (non-hydrogen) atoms. The van der Waals surface area contributed by atoms with Crippen LogP contribution in [0.15, 0.2) is 29.2 Å². The Balaban J connectivity index is 2.74. The number of fused-ring (bicyclic) bond motifs is 1. The lowest BCUT2D eigenvalue weighted by Crippen LogP contribution is -1.95. The molecule has 1 N–H and O–H groups in total. The molecule has 2 aromatic rings. The highest BCUT2D eigenvalue weighted by Gasteiger charge is 2.07. The number of aromatic amines is 1. The SMILES string of the molecule is Cc1cc2cc(S(C)(=O)=O)ccc2[nH]1. The maximum Gasteiger partial charge on any atom is 0.175 e. The molecule has 0 fully saturated rings. The van der Waals surface area contributed by atoms with E-state index in [1.165, 1.54) is 6.26 Å². The van der Waals surface area contributed by atoms with Gasteiger partial charge >= 0.3 is 0 Å². The summed E-state index contributed by atoms with van der Waals surface area (Å²) in [6.45, 7) is 1.94. The van der Waals surface area contributed by atoms with Crippen molar-refractivity contribution in [1.29, 1.82) is 0 Å². The molecule has 0 bridgehead atoms. The molecule has 0 saturated carbocycles. The van der Waals surface area contributed by atoms with Gasteiger partial charge in [0.15, 0.2) is 9.84 Å². The topological polar surface area (TPSA) is 49.9 Å². The van der Waals surface area contributed by atoms with Crippen molar-refractivity contribution in [2.75, 3.05) is 6.26 Å². The molecular formula is C10H11NO2S. The minimum atomic E-state index is -3.10. The van der Waals surface area contributed by atoms with Crippen LogP contribution >= 0.6 is 0 Å². The van der Waals surface area contributed by atoms with Crippen LogP contribution in [0.5, 0.6) is 0 Å². The van der Waals surface area contributed by atoms with Crippen LogP contribution in [0.25, 0.3) is 10.9 Å². The van der Waals surface area contributed by atoms with Gasteiger partial charge in [0.05, 0.1) is 4.90 Å². The number of H-pyrrole nitrogens is 1. The third-order valence-electron chi connectivity index (χ3n) is 2.16. The van der Waals surface area contributed by atoms with E-state index in [-0.39, 0.29) is 0 Å². The van der Waals surface area contributed by atoms with Crippen LogP contribution in [-0.4, -0.2) is 19.7 Å². The van der Waals surface area contributed by atoms with Crippen LogP contribution in [0, 0.1) is 6.92 Å². The van der Waals surface area contributed by atoms with Gasteiger partial charge in [-0.3, -0.25) is 0 Å². The number of hydrogen-bond donors (Lipinski definition) is 1. The summed E-state index contributed by atoms with van der Waals surface area (Å²) in [5.41, 5.74) is 2.00. The summed E-state index contributed by atoms with van der Waals surface area (Å²) in [5.74, 6) is 0. The molecule has 1 heterocycles. The average molecular weight is 209 g/mol. The normalized spacial score (nSPS) is 12.1. The van der Waals surface area contributed by atoms with Crippen molar-refractivity contribution in [1.82, 2.24) is 4.98 Å². The quantitative estimate of drug-likeness (QED) is 0.779.